The summed E-state index contributed by atoms with van der Waals surface area (Å²) in [6.45, 7) is 8.10. The lowest BCUT2D eigenvalue weighted by Crippen LogP contribution is -2.34. The molecular formula is C36H50N4O4S2. The molecule has 8 nitrogen and oxygen atoms in total. The standard InChI is InChI=1S/C36H50N4O4S2/c1-5-43-35(41)29-23(3)39-33(27(21-37)31(29)25-15-9-7-10-16-25)45-19-13-14-20-46-34-28(22-38)32(26-17-11-8-12-18-26)30(24(4)40-34)36(42)44-6-2/h25-26,31-32,39-40H,5-20H2,1-4H3/t31-,32+. The predicted molar refractivity (Wildman–Crippen MR) is 184 cm³/mol. The van der Waals surface area contributed by atoms with E-state index in [1.54, 1.807) is 23.5 Å². The summed E-state index contributed by atoms with van der Waals surface area (Å²) in [5.41, 5.74) is 4.17. The van der Waals surface area contributed by atoms with Gasteiger partial charge in [-0.3, -0.25) is 0 Å². The molecule has 2 N–H and O–H groups in total. The molecule has 2 heterocycles. The van der Waals surface area contributed by atoms with Crippen LogP contribution in [0.3, 0.4) is 0 Å². The number of nitrogens with zero attached hydrogens (tertiary/aromatic N) is 2. The second-order valence-electron chi connectivity index (χ2n) is 12.6. The third kappa shape index (κ3) is 8.55. The van der Waals surface area contributed by atoms with Crippen LogP contribution in [0, 0.1) is 46.3 Å². The zero-order chi connectivity index (χ0) is 33.1. The first-order valence-corrected chi connectivity index (χ1v) is 19.2. The molecule has 0 aromatic carbocycles. The maximum Gasteiger partial charge on any atom is 0.336 e. The van der Waals surface area contributed by atoms with Crippen LogP contribution in [0.1, 0.15) is 105 Å². The van der Waals surface area contributed by atoms with E-state index < -0.39 is 0 Å². The number of carbonyl (C=O) groups is 2. The molecule has 0 aromatic rings. The molecule has 2 atom stereocenters. The van der Waals surface area contributed by atoms with E-state index in [0.29, 0.717) is 35.5 Å². The van der Waals surface area contributed by atoms with Crippen LogP contribution in [-0.4, -0.2) is 36.7 Å². The second kappa shape index (κ2) is 17.9. The first-order chi connectivity index (χ1) is 22.4. The van der Waals surface area contributed by atoms with Gasteiger partial charge in [-0.1, -0.05) is 38.5 Å². The molecule has 0 spiro atoms. The summed E-state index contributed by atoms with van der Waals surface area (Å²) in [6.07, 6.45) is 12.9. The lowest BCUT2D eigenvalue weighted by molar-refractivity contribution is -0.140. The fourth-order valence-electron chi connectivity index (χ4n) is 7.52. The van der Waals surface area contributed by atoms with Gasteiger partial charge in [0.15, 0.2) is 0 Å². The minimum absolute atomic E-state index is 0.217. The lowest BCUT2D eigenvalue weighted by Gasteiger charge is -2.36. The topological polar surface area (TPSA) is 124 Å². The number of unbranched alkanes of at least 4 members (excludes halogenated alkanes) is 1. The second-order valence-corrected chi connectivity index (χ2v) is 14.8. The molecule has 250 valence electrons. The average Bonchev–Trinajstić information content (AvgIpc) is 3.06. The Labute approximate surface area is 283 Å². The molecule has 10 heteroatoms. The van der Waals surface area contributed by atoms with Crippen molar-refractivity contribution in [2.45, 2.75) is 105 Å². The van der Waals surface area contributed by atoms with Gasteiger partial charge in [0.2, 0.25) is 0 Å². The molecular weight excluding hydrogens is 617 g/mol. The summed E-state index contributed by atoms with van der Waals surface area (Å²) in [6, 6.07) is 4.96. The maximum atomic E-state index is 13.0. The molecule has 0 bridgehead atoms. The van der Waals surface area contributed by atoms with E-state index in [1.807, 2.05) is 27.7 Å². The van der Waals surface area contributed by atoms with Gasteiger partial charge in [-0.25, -0.2) is 9.59 Å². The van der Waals surface area contributed by atoms with Crippen molar-refractivity contribution < 1.29 is 19.1 Å². The molecule has 2 aliphatic carbocycles. The summed E-state index contributed by atoms with van der Waals surface area (Å²) < 4.78 is 10.9. The maximum absolute atomic E-state index is 13.0. The highest BCUT2D eigenvalue weighted by atomic mass is 32.2. The minimum Gasteiger partial charge on any atom is -0.463 e. The Balaban J connectivity index is 1.40. The number of dihydropyridines is 2. The van der Waals surface area contributed by atoms with E-state index in [1.165, 1.54) is 12.8 Å². The Morgan fingerprint density at radius 2 is 1.07 bits per heavy atom. The fraction of sp³-hybridized carbons (Fsp3) is 0.667. The molecule has 4 rings (SSSR count). The first kappa shape index (κ1) is 36.0. The van der Waals surface area contributed by atoms with Crippen LogP contribution in [0.15, 0.2) is 43.7 Å². The van der Waals surface area contributed by atoms with Crippen molar-refractivity contribution in [2.75, 3.05) is 24.7 Å². The highest BCUT2D eigenvalue weighted by Crippen LogP contribution is 2.45. The van der Waals surface area contributed by atoms with Crippen LogP contribution in [0.25, 0.3) is 0 Å². The molecule has 0 radical (unpaired) electrons. The predicted octanol–water partition coefficient (Wildman–Crippen LogP) is 7.98. The van der Waals surface area contributed by atoms with Crippen LogP contribution in [-0.2, 0) is 19.1 Å². The number of esters is 2. The summed E-state index contributed by atoms with van der Waals surface area (Å²) in [7, 11) is 0. The van der Waals surface area contributed by atoms with Gasteiger partial charge in [-0.15, -0.1) is 23.5 Å². The van der Waals surface area contributed by atoms with Crippen molar-refractivity contribution in [3.63, 3.8) is 0 Å². The molecule has 0 unspecified atom stereocenters. The van der Waals surface area contributed by atoms with Crippen molar-refractivity contribution >= 4 is 35.5 Å². The van der Waals surface area contributed by atoms with Crippen LogP contribution in [0.4, 0.5) is 0 Å². The Hall–Kier alpha value is -2.82. The van der Waals surface area contributed by atoms with Gasteiger partial charge >= 0.3 is 11.9 Å². The highest BCUT2D eigenvalue weighted by Gasteiger charge is 2.41. The molecule has 2 fully saturated rings. The largest absolute Gasteiger partial charge is 0.463 e. The Morgan fingerprint density at radius 1 is 0.696 bits per heavy atom. The zero-order valence-corrected chi connectivity index (χ0v) is 29.6. The third-order valence-electron chi connectivity index (χ3n) is 9.65. The quantitative estimate of drug-likeness (QED) is 0.148. The van der Waals surface area contributed by atoms with Crippen molar-refractivity contribution in [1.29, 1.82) is 10.5 Å². The highest BCUT2D eigenvalue weighted by molar-refractivity contribution is 8.03. The van der Waals surface area contributed by atoms with Crippen molar-refractivity contribution in [3.8, 4) is 12.1 Å². The first-order valence-electron chi connectivity index (χ1n) is 17.2. The molecule has 2 aliphatic heterocycles. The van der Waals surface area contributed by atoms with Crippen molar-refractivity contribution in [2.24, 2.45) is 23.7 Å². The van der Waals surface area contributed by atoms with E-state index in [2.05, 4.69) is 22.8 Å². The normalized spacial score (nSPS) is 23.0. The van der Waals surface area contributed by atoms with E-state index in [0.717, 1.165) is 97.2 Å². The third-order valence-corrected chi connectivity index (χ3v) is 11.9. The molecule has 0 amide bonds. The van der Waals surface area contributed by atoms with Crippen molar-refractivity contribution in [3.05, 3.63) is 43.7 Å². The zero-order valence-electron chi connectivity index (χ0n) is 28.0. The average molecular weight is 667 g/mol. The fourth-order valence-corrected chi connectivity index (χ4v) is 9.74. The van der Waals surface area contributed by atoms with Crippen LogP contribution >= 0.6 is 23.5 Å². The van der Waals surface area contributed by atoms with Gasteiger partial charge in [-0.2, -0.15) is 10.5 Å². The van der Waals surface area contributed by atoms with Gasteiger partial charge in [0.1, 0.15) is 0 Å². The van der Waals surface area contributed by atoms with E-state index in [-0.39, 0.29) is 35.6 Å². The van der Waals surface area contributed by atoms with Gasteiger partial charge in [0.25, 0.3) is 0 Å². The number of allylic oxidation sites excluding steroid dienone is 4. The summed E-state index contributed by atoms with van der Waals surface area (Å²) in [4.78, 5) is 26.1. The summed E-state index contributed by atoms with van der Waals surface area (Å²) in [5, 5.41) is 29.2. The number of thioether (sulfide) groups is 2. The van der Waals surface area contributed by atoms with Crippen LogP contribution in [0.2, 0.25) is 0 Å². The molecule has 2 saturated carbocycles. The number of hydrogen-bond donors (Lipinski definition) is 2. The van der Waals surface area contributed by atoms with Crippen molar-refractivity contribution in [1.82, 2.24) is 10.6 Å². The number of rotatable bonds is 13. The van der Waals surface area contributed by atoms with Crippen LogP contribution < -0.4 is 10.6 Å². The molecule has 4 aliphatic rings. The summed E-state index contributed by atoms with van der Waals surface area (Å²) >= 11 is 3.32. The Bertz CT molecular complexity index is 1240. The summed E-state index contributed by atoms with van der Waals surface area (Å²) in [5.74, 6) is 1.15. The smallest absolute Gasteiger partial charge is 0.336 e. The number of hydrogen-bond acceptors (Lipinski definition) is 10. The van der Waals surface area contributed by atoms with E-state index in [9.17, 15) is 20.1 Å². The van der Waals surface area contributed by atoms with E-state index in [4.69, 9.17) is 9.47 Å². The Morgan fingerprint density at radius 3 is 1.39 bits per heavy atom. The number of nitriles is 2. The molecule has 0 saturated heterocycles. The van der Waals surface area contributed by atoms with Gasteiger partial charge in [-0.05, 0) is 89.6 Å². The number of ether oxygens (including phenoxy) is 2. The lowest BCUT2D eigenvalue weighted by atomic mass is 9.72. The van der Waals surface area contributed by atoms with Gasteiger partial charge < -0.3 is 20.1 Å². The van der Waals surface area contributed by atoms with Crippen LogP contribution in [0.5, 0.6) is 0 Å². The molecule has 0 aromatic heterocycles. The minimum atomic E-state index is -0.315. The molecule has 46 heavy (non-hydrogen) atoms. The number of carbonyl (C=O) groups excluding carboxylic acids is 2. The monoisotopic (exact) mass is 666 g/mol. The Kier molecular flexibility index (Phi) is 14.0. The van der Waals surface area contributed by atoms with Gasteiger partial charge in [0, 0.05) is 23.2 Å². The van der Waals surface area contributed by atoms with Gasteiger partial charge in [0.05, 0.1) is 57.7 Å². The van der Waals surface area contributed by atoms with E-state index >= 15 is 0 Å². The number of nitrogens with one attached hydrogen (secondary N) is 2. The SMILES string of the molecule is CCOC(=O)C1=C(C)NC(SCCCCSC2=C(C#N)[C@H](C3CCCCC3)C(C(=O)OCC)=C(C)N2)=C(C#N)[C@H]1C1CCCCC1.